The van der Waals surface area contributed by atoms with Gasteiger partial charge in [0, 0.05) is 24.6 Å². The number of rotatable bonds is 8. The Hall–Kier alpha value is -3.22. The van der Waals surface area contributed by atoms with Gasteiger partial charge in [-0.25, -0.2) is 9.37 Å². The number of halogens is 1. The molecule has 2 aromatic heterocycles. The predicted molar refractivity (Wildman–Crippen MR) is 135 cm³/mol. The van der Waals surface area contributed by atoms with Crippen molar-refractivity contribution in [3.8, 4) is 22.5 Å². The molecule has 0 saturated heterocycles. The lowest BCUT2D eigenvalue weighted by Crippen LogP contribution is -2.16. The largest absolute Gasteiger partial charge is 0.393 e. The lowest BCUT2D eigenvalue weighted by molar-refractivity contribution is -0.109. The number of aliphatic hydroxyl groups excluding tert-OH is 2. The number of aldehydes is 1. The van der Waals surface area contributed by atoms with Crippen LogP contribution in [0.1, 0.15) is 61.4 Å². The second-order valence-electron chi connectivity index (χ2n) is 9.36. The van der Waals surface area contributed by atoms with Crippen molar-refractivity contribution >= 4 is 12.4 Å². The van der Waals surface area contributed by atoms with Crippen LogP contribution in [0.4, 0.5) is 4.39 Å². The van der Waals surface area contributed by atoms with Crippen molar-refractivity contribution < 1.29 is 19.4 Å². The number of benzene rings is 1. The summed E-state index contributed by atoms with van der Waals surface area (Å²) in [6.45, 7) is 4.14. The molecule has 3 aromatic rings. The van der Waals surface area contributed by atoms with Crippen LogP contribution in [0.5, 0.6) is 0 Å². The maximum absolute atomic E-state index is 13.8. The van der Waals surface area contributed by atoms with E-state index in [0.29, 0.717) is 6.29 Å². The average molecular weight is 475 g/mol. The number of aromatic nitrogens is 2. The molecule has 4 rings (SSSR count). The molecule has 2 atom stereocenters. The van der Waals surface area contributed by atoms with E-state index in [0.717, 1.165) is 58.6 Å². The summed E-state index contributed by atoms with van der Waals surface area (Å²) in [4.78, 5) is 20.5. The van der Waals surface area contributed by atoms with Crippen LogP contribution < -0.4 is 0 Å². The van der Waals surface area contributed by atoms with Gasteiger partial charge in [0.05, 0.1) is 29.3 Å². The van der Waals surface area contributed by atoms with Gasteiger partial charge < -0.3 is 15.0 Å². The van der Waals surface area contributed by atoms with Crippen molar-refractivity contribution in [3.05, 3.63) is 76.9 Å². The predicted octanol–water partition coefficient (Wildman–Crippen LogP) is 5.28. The van der Waals surface area contributed by atoms with Crippen LogP contribution in [0.2, 0.25) is 0 Å². The van der Waals surface area contributed by atoms with Crippen molar-refractivity contribution in [2.45, 2.75) is 64.1 Å². The van der Waals surface area contributed by atoms with Gasteiger partial charge in [-0.3, -0.25) is 4.98 Å². The molecule has 5 nitrogen and oxygen atoms in total. The minimum atomic E-state index is -0.924. The van der Waals surface area contributed by atoms with Crippen molar-refractivity contribution in [2.24, 2.45) is 0 Å². The van der Waals surface area contributed by atoms with E-state index < -0.39 is 12.2 Å². The second-order valence-corrected chi connectivity index (χ2v) is 9.36. The fourth-order valence-corrected chi connectivity index (χ4v) is 4.73. The van der Waals surface area contributed by atoms with Crippen LogP contribution in [0.3, 0.4) is 0 Å². The molecule has 0 radical (unpaired) electrons. The summed E-state index contributed by atoms with van der Waals surface area (Å²) >= 11 is 0. The third kappa shape index (κ3) is 5.55. The average Bonchev–Trinajstić information content (AvgIpc) is 3.02. The number of pyridine rings is 2. The number of carbonyl (C=O) groups excluding carboxylic acids is 1. The quantitative estimate of drug-likeness (QED) is 0.434. The van der Waals surface area contributed by atoms with E-state index in [1.54, 1.807) is 24.4 Å². The van der Waals surface area contributed by atoms with Gasteiger partial charge in [-0.05, 0) is 65.6 Å². The van der Waals surface area contributed by atoms with Gasteiger partial charge >= 0.3 is 0 Å². The molecule has 6 heteroatoms. The monoisotopic (exact) mass is 474 g/mol. The third-order valence-corrected chi connectivity index (χ3v) is 6.40. The Kier molecular flexibility index (Phi) is 7.83. The van der Waals surface area contributed by atoms with Gasteiger partial charge in [0.15, 0.2) is 0 Å². The smallest absolute Gasteiger partial charge is 0.123 e. The molecule has 182 valence electrons. The number of hydrogen-bond acceptors (Lipinski definition) is 5. The molecule has 2 heterocycles. The first-order valence-electron chi connectivity index (χ1n) is 12.1. The molecule has 0 spiro atoms. The Morgan fingerprint density at radius 1 is 1.09 bits per heavy atom. The zero-order chi connectivity index (χ0) is 24.9. The summed E-state index contributed by atoms with van der Waals surface area (Å²) in [6.07, 6.45) is 6.78. The molecule has 1 aliphatic carbocycles. The first kappa shape index (κ1) is 24.9. The van der Waals surface area contributed by atoms with E-state index in [1.807, 2.05) is 12.1 Å². The number of aliphatic hydroxyl groups is 2. The summed E-state index contributed by atoms with van der Waals surface area (Å²) < 4.78 is 13.8. The normalized spacial score (nSPS) is 14.9. The summed E-state index contributed by atoms with van der Waals surface area (Å²) in [5.74, 6) is -0.228. The van der Waals surface area contributed by atoms with E-state index in [9.17, 15) is 19.4 Å². The van der Waals surface area contributed by atoms with Gasteiger partial charge in [0.2, 0.25) is 0 Å². The molecule has 0 aliphatic heterocycles. The van der Waals surface area contributed by atoms with E-state index in [1.165, 1.54) is 17.7 Å². The molecule has 2 N–H and O–H groups in total. The maximum atomic E-state index is 13.8. The highest BCUT2D eigenvalue weighted by molar-refractivity contribution is 5.85. The van der Waals surface area contributed by atoms with Gasteiger partial charge in [-0.2, -0.15) is 0 Å². The molecule has 35 heavy (non-hydrogen) atoms. The zero-order valence-electron chi connectivity index (χ0n) is 20.1. The molecule has 1 aliphatic rings. The van der Waals surface area contributed by atoms with E-state index in [-0.39, 0.29) is 24.6 Å². The van der Waals surface area contributed by atoms with Crippen LogP contribution in [0, 0.1) is 5.82 Å². The number of hydrogen-bond donors (Lipinski definition) is 2. The Bertz CT molecular complexity index is 1220. The summed E-state index contributed by atoms with van der Waals surface area (Å²) in [5, 5.41) is 20.4. The molecular weight excluding hydrogens is 443 g/mol. The molecule has 0 bridgehead atoms. The highest BCUT2D eigenvalue weighted by Crippen LogP contribution is 2.41. The van der Waals surface area contributed by atoms with Gasteiger partial charge in [-0.15, -0.1) is 0 Å². The number of carbonyl (C=O) groups is 1. The fraction of sp³-hybridized carbons (Fsp3) is 0.345. The maximum Gasteiger partial charge on any atom is 0.123 e. The Balaban J connectivity index is 1.93. The fourth-order valence-electron chi connectivity index (χ4n) is 4.73. The van der Waals surface area contributed by atoms with E-state index in [4.69, 9.17) is 4.98 Å². The molecule has 1 aromatic carbocycles. The van der Waals surface area contributed by atoms with Crippen LogP contribution in [0.15, 0.2) is 48.7 Å². The van der Waals surface area contributed by atoms with Crippen molar-refractivity contribution in [1.29, 1.82) is 0 Å². The van der Waals surface area contributed by atoms with Gasteiger partial charge in [0.25, 0.3) is 0 Å². The number of nitrogens with zero attached hydrogens (tertiary/aromatic N) is 2. The second kappa shape index (κ2) is 11.0. The molecule has 0 saturated carbocycles. The van der Waals surface area contributed by atoms with Crippen LogP contribution in [-0.4, -0.2) is 38.7 Å². The van der Waals surface area contributed by atoms with Crippen LogP contribution >= 0.6 is 0 Å². The Labute approximate surface area is 205 Å². The highest BCUT2D eigenvalue weighted by atomic mass is 19.1. The molecular formula is C29H31FN2O3. The zero-order valence-corrected chi connectivity index (χ0v) is 20.1. The lowest BCUT2D eigenvalue weighted by atomic mass is 9.87. The summed E-state index contributed by atoms with van der Waals surface area (Å²) in [6, 6.07) is 10.5. The molecule has 0 fully saturated rings. The van der Waals surface area contributed by atoms with E-state index >= 15 is 0 Å². The minimum absolute atomic E-state index is 0.0181. The lowest BCUT2D eigenvalue weighted by Gasteiger charge is -2.22. The van der Waals surface area contributed by atoms with Gasteiger partial charge in [-0.1, -0.05) is 44.2 Å². The topological polar surface area (TPSA) is 83.3 Å². The summed E-state index contributed by atoms with van der Waals surface area (Å²) in [7, 11) is 0. The van der Waals surface area contributed by atoms with Crippen molar-refractivity contribution in [3.63, 3.8) is 0 Å². The van der Waals surface area contributed by atoms with Crippen molar-refractivity contribution in [2.75, 3.05) is 0 Å². The first-order valence-corrected chi connectivity index (χ1v) is 12.1. The highest BCUT2D eigenvalue weighted by Gasteiger charge is 2.25. The Morgan fingerprint density at radius 3 is 2.57 bits per heavy atom. The van der Waals surface area contributed by atoms with Gasteiger partial charge in [0.1, 0.15) is 12.1 Å². The standard InChI is InChI=1S/C29H31FN2O3/c1-18(2)27-25(13-12-22(34)17-23(35)14-16-33)26(19-8-10-21(30)11-9-19)24-7-3-5-20-6-4-15-31-28(20)29(24)32-27/h4,6,8-13,15-16,18,22-23,34-35H,3,5,7,14,17H2,1-2H3/b13-12+/t22-,23+/m1/s1. The SMILES string of the molecule is CC(C)c1nc2c(c(-c3ccc(F)cc3)c1/C=C/[C@@H](O)C[C@@H](O)CC=O)CCCc1cccnc1-2. The number of aryl methyl sites for hydroxylation is 1. The van der Waals surface area contributed by atoms with E-state index in [2.05, 4.69) is 24.9 Å². The van der Waals surface area contributed by atoms with Crippen molar-refractivity contribution in [1.82, 2.24) is 9.97 Å². The summed E-state index contributed by atoms with van der Waals surface area (Å²) in [5.41, 5.74) is 7.55. The molecule has 0 amide bonds. The van der Waals surface area contributed by atoms with Crippen LogP contribution in [-0.2, 0) is 17.6 Å². The Morgan fingerprint density at radius 2 is 1.86 bits per heavy atom. The molecule has 0 unspecified atom stereocenters. The minimum Gasteiger partial charge on any atom is -0.393 e. The number of fused-ring (bicyclic) bond motifs is 3. The third-order valence-electron chi connectivity index (χ3n) is 6.40. The first-order chi connectivity index (χ1) is 16.9. The van der Waals surface area contributed by atoms with Crippen LogP contribution in [0.25, 0.3) is 28.6 Å².